The first-order valence-electron chi connectivity index (χ1n) is 7.63. The summed E-state index contributed by atoms with van der Waals surface area (Å²) < 4.78 is 6.77. The van der Waals surface area contributed by atoms with E-state index < -0.39 is 0 Å². The van der Waals surface area contributed by atoms with E-state index in [1.165, 1.54) is 11.3 Å². The zero-order valence-electron chi connectivity index (χ0n) is 13.5. The van der Waals surface area contributed by atoms with Crippen LogP contribution in [0.25, 0.3) is 27.6 Å². The first kappa shape index (κ1) is 15.3. The molecule has 0 amide bonds. The number of hydrogen-bond donors (Lipinski definition) is 1. The first-order valence-corrected chi connectivity index (χ1v) is 8.51. The van der Waals surface area contributed by atoms with Gasteiger partial charge in [-0.2, -0.15) is 4.68 Å². The normalized spacial score (nSPS) is 10.8. The quantitative estimate of drug-likeness (QED) is 0.608. The van der Waals surface area contributed by atoms with E-state index >= 15 is 0 Å². The molecule has 0 fully saturated rings. The van der Waals surface area contributed by atoms with E-state index in [0.717, 1.165) is 27.7 Å². The molecule has 124 valence electrons. The monoisotopic (exact) mass is 349 g/mol. The molecule has 4 aromatic rings. The summed E-state index contributed by atoms with van der Waals surface area (Å²) in [7, 11) is 1.63. The maximum atomic E-state index is 6.26. The fourth-order valence-electron chi connectivity index (χ4n) is 2.48. The van der Waals surface area contributed by atoms with E-state index in [9.17, 15) is 0 Å². The summed E-state index contributed by atoms with van der Waals surface area (Å²) in [6, 6.07) is 17.5. The molecule has 6 nitrogen and oxygen atoms in total. The lowest BCUT2D eigenvalue weighted by Gasteiger charge is -2.04. The van der Waals surface area contributed by atoms with Gasteiger partial charge in [-0.1, -0.05) is 35.5 Å². The lowest BCUT2D eigenvalue weighted by Crippen LogP contribution is -2.02. The molecule has 0 radical (unpaired) electrons. The van der Waals surface area contributed by atoms with Crippen molar-refractivity contribution in [3.63, 3.8) is 0 Å². The predicted molar refractivity (Wildman–Crippen MR) is 98.9 cm³/mol. The SMILES string of the molecule is COc1ccc(-n2nnc(-c3nc(-c4ccccc4)cs3)c2N)cc1. The van der Waals surface area contributed by atoms with Crippen molar-refractivity contribution in [2.75, 3.05) is 12.8 Å². The largest absolute Gasteiger partial charge is 0.497 e. The fraction of sp³-hybridized carbons (Fsp3) is 0.0556. The molecule has 0 saturated heterocycles. The van der Waals surface area contributed by atoms with Crippen LogP contribution in [0.4, 0.5) is 5.82 Å². The maximum absolute atomic E-state index is 6.26. The predicted octanol–water partition coefficient (Wildman–Crippen LogP) is 3.65. The van der Waals surface area contributed by atoms with Gasteiger partial charge in [0.05, 0.1) is 18.5 Å². The third kappa shape index (κ3) is 2.85. The number of aromatic nitrogens is 4. The van der Waals surface area contributed by atoms with Crippen LogP contribution in [0.5, 0.6) is 5.75 Å². The number of thiazole rings is 1. The first-order chi connectivity index (χ1) is 12.3. The summed E-state index contributed by atoms with van der Waals surface area (Å²) >= 11 is 1.50. The summed E-state index contributed by atoms with van der Waals surface area (Å²) in [5, 5.41) is 11.1. The van der Waals surface area contributed by atoms with Gasteiger partial charge in [-0.3, -0.25) is 0 Å². The fourth-order valence-corrected chi connectivity index (χ4v) is 3.30. The molecule has 0 bridgehead atoms. The van der Waals surface area contributed by atoms with Gasteiger partial charge in [0, 0.05) is 10.9 Å². The minimum atomic E-state index is 0.458. The Labute approximate surface area is 148 Å². The molecule has 7 heteroatoms. The lowest BCUT2D eigenvalue weighted by atomic mass is 10.2. The smallest absolute Gasteiger partial charge is 0.165 e. The van der Waals surface area contributed by atoms with Crippen molar-refractivity contribution in [1.29, 1.82) is 0 Å². The number of nitrogens with two attached hydrogens (primary N) is 1. The molecule has 2 aromatic carbocycles. The Bertz CT molecular complexity index is 992. The van der Waals surface area contributed by atoms with E-state index in [1.54, 1.807) is 11.8 Å². The molecule has 2 N–H and O–H groups in total. The van der Waals surface area contributed by atoms with Gasteiger partial charge in [0.25, 0.3) is 0 Å². The van der Waals surface area contributed by atoms with E-state index in [-0.39, 0.29) is 0 Å². The van der Waals surface area contributed by atoms with Gasteiger partial charge in [0.1, 0.15) is 10.8 Å². The van der Waals surface area contributed by atoms with Gasteiger partial charge in [-0.25, -0.2) is 4.98 Å². The van der Waals surface area contributed by atoms with Gasteiger partial charge in [0.15, 0.2) is 11.5 Å². The number of rotatable bonds is 4. The van der Waals surface area contributed by atoms with Crippen LogP contribution >= 0.6 is 11.3 Å². The van der Waals surface area contributed by atoms with Crippen molar-refractivity contribution in [3.8, 4) is 33.4 Å². The number of nitrogens with zero attached hydrogens (tertiary/aromatic N) is 4. The number of benzene rings is 2. The van der Waals surface area contributed by atoms with Gasteiger partial charge >= 0.3 is 0 Å². The zero-order chi connectivity index (χ0) is 17.2. The molecule has 0 saturated carbocycles. The van der Waals surface area contributed by atoms with Gasteiger partial charge in [0.2, 0.25) is 0 Å². The van der Waals surface area contributed by atoms with Gasteiger partial charge in [-0.15, -0.1) is 16.4 Å². The highest BCUT2D eigenvalue weighted by molar-refractivity contribution is 7.13. The molecule has 0 atom stereocenters. The maximum Gasteiger partial charge on any atom is 0.165 e. The molecule has 0 aliphatic heterocycles. The second-order valence-corrected chi connectivity index (χ2v) is 6.20. The Morgan fingerprint density at radius 2 is 1.80 bits per heavy atom. The van der Waals surface area contributed by atoms with Crippen LogP contribution in [0.2, 0.25) is 0 Å². The molecule has 4 rings (SSSR count). The number of ether oxygens (including phenoxy) is 1. The van der Waals surface area contributed by atoms with Crippen LogP contribution in [0.1, 0.15) is 0 Å². The number of anilines is 1. The van der Waals surface area contributed by atoms with Crippen molar-refractivity contribution in [1.82, 2.24) is 20.0 Å². The molecule has 25 heavy (non-hydrogen) atoms. The molecule has 2 aromatic heterocycles. The van der Waals surface area contributed by atoms with Crippen molar-refractivity contribution >= 4 is 17.2 Å². The zero-order valence-corrected chi connectivity index (χ0v) is 14.3. The summed E-state index contributed by atoms with van der Waals surface area (Å²) in [5.41, 5.74) is 9.62. The number of nitrogen functional groups attached to an aromatic ring is 1. The summed E-state index contributed by atoms with van der Waals surface area (Å²) in [4.78, 5) is 4.65. The molecular weight excluding hydrogens is 334 g/mol. The van der Waals surface area contributed by atoms with E-state index in [2.05, 4.69) is 15.3 Å². The number of hydrogen-bond acceptors (Lipinski definition) is 6. The van der Waals surface area contributed by atoms with Crippen molar-refractivity contribution in [3.05, 3.63) is 60.0 Å². The highest BCUT2D eigenvalue weighted by Crippen LogP contribution is 2.31. The molecule has 2 heterocycles. The molecule has 0 spiro atoms. The van der Waals surface area contributed by atoms with E-state index in [0.29, 0.717) is 11.5 Å². The lowest BCUT2D eigenvalue weighted by molar-refractivity contribution is 0.414. The molecular formula is C18H15N5OS. The summed E-state index contributed by atoms with van der Waals surface area (Å²) in [6.07, 6.45) is 0. The van der Waals surface area contributed by atoms with E-state index in [1.807, 2.05) is 60.0 Å². The summed E-state index contributed by atoms with van der Waals surface area (Å²) in [5.74, 6) is 1.23. The Hall–Kier alpha value is -3.19. The second-order valence-electron chi connectivity index (χ2n) is 5.34. The Morgan fingerprint density at radius 3 is 2.52 bits per heavy atom. The van der Waals surface area contributed by atoms with Crippen LogP contribution in [-0.4, -0.2) is 27.1 Å². The van der Waals surface area contributed by atoms with Crippen LogP contribution in [0.15, 0.2) is 60.0 Å². The van der Waals surface area contributed by atoms with Crippen LogP contribution in [-0.2, 0) is 0 Å². The van der Waals surface area contributed by atoms with Gasteiger partial charge in [-0.05, 0) is 24.3 Å². The highest BCUT2D eigenvalue weighted by Gasteiger charge is 2.16. The Balaban J connectivity index is 1.68. The van der Waals surface area contributed by atoms with Crippen molar-refractivity contribution in [2.45, 2.75) is 0 Å². The van der Waals surface area contributed by atoms with Gasteiger partial charge < -0.3 is 10.5 Å². The Kier molecular flexibility index (Phi) is 3.91. The minimum absolute atomic E-state index is 0.458. The van der Waals surface area contributed by atoms with Crippen molar-refractivity contribution < 1.29 is 4.74 Å². The molecule has 0 aliphatic carbocycles. The van der Waals surface area contributed by atoms with Crippen LogP contribution in [0, 0.1) is 0 Å². The average molecular weight is 349 g/mol. The third-order valence-corrected chi connectivity index (χ3v) is 4.65. The average Bonchev–Trinajstić information content (AvgIpc) is 3.29. The Morgan fingerprint density at radius 1 is 1.04 bits per heavy atom. The van der Waals surface area contributed by atoms with E-state index in [4.69, 9.17) is 10.5 Å². The second kappa shape index (κ2) is 6.37. The van der Waals surface area contributed by atoms with Crippen LogP contribution < -0.4 is 10.5 Å². The summed E-state index contributed by atoms with van der Waals surface area (Å²) in [6.45, 7) is 0. The molecule has 0 aliphatic rings. The topological polar surface area (TPSA) is 78.8 Å². The standard InChI is InChI=1S/C18H15N5OS/c1-24-14-9-7-13(8-10-14)23-17(19)16(21-22-23)18-20-15(11-25-18)12-5-3-2-4-6-12/h2-11H,19H2,1H3. The number of methoxy groups -OCH3 is 1. The van der Waals surface area contributed by atoms with Crippen LogP contribution in [0.3, 0.4) is 0 Å². The van der Waals surface area contributed by atoms with Crippen molar-refractivity contribution in [2.24, 2.45) is 0 Å². The molecule has 0 unspecified atom stereocenters. The minimum Gasteiger partial charge on any atom is -0.497 e. The highest BCUT2D eigenvalue weighted by atomic mass is 32.1. The third-order valence-electron chi connectivity index (χ3n) is 3.80.